The van der Waals surface area contributed by atoms with Crippen LogP contribution in [0.1, 0.15) is 45.6 Å². The van der Waals surface area contributed by atoms with Gasteiger partial charge in [-0.05, 0) is 43.7 Å². The van der Waals surface area contributed by atoms with E-state index in [0.29, 0.717) is 30.4 Å². The predicted molar refractivity (Wildman–Crippen MR) is 78.9 cm³/mol. The first-order valence-electron chi connectivity index (χ1n) is 7.55. The highest BCUT2D eigenvalue weighted by Crippen LogP contribution is 2.31. The number of benzene rings is 1. The number of halogens is 1. The van der Waals surface area contributed by atoms with Gasteiger partial charge in [-0.25, -0.2) is 4.39 Å². The molecular weight excluding hydrogens is 253 g/mol. The van der Waals surface area contributed by atoms with Gasteiger partial charge < -0.3 is 4.90 Å². The number of carbonyl (C=O) groups excluding carboxylic acids is 1. The Kier molecular flexibility index (Phi) is 4.79. The van der Waals surface area contributed by atoms with Crippen molar-refractivity contribution in [1.29, 1.82) is 0 Å². The number of nitrogens with zero attached hydrogens (tertiary/aromatic N) is 1. The summed E-state index contributed by atoms with van der Waals surface area (Å²) < 4.78 is 13.6. The minimum atomic E-state index is -0.213. The van der Waals surface area contributed by atoms with Crippen molar-refractivity contribution in [3.63, 3.8) is 0 Å². The highest BCUT2D eigenvalue weighted by atomic mass is 19.1. The molecule has 110 valence electrons. The van der Waals surface area contributed by atoms with E-state index in [0.717, 1.165) is 12.8 Å². The highest BCUT2D eigenvalue weighted by molar-refractivity contribution is 5.77. The molecule has 0 saturated heterocycles. The number of rotatable bonds is 6. The van der Waals surface area contributed by atoms with Gasteiger partial charge >= 0.3 is 0 Å². The van der Waals surface area contributed by atoms with Crippen LogP contribution in [-0.4, -0.2) is 22.9 Å². The molecule has 1 aliphatic carbocycles. The van der Waals surface area contributed by atoms with Crippen LogP contribution in [-0.2, 0) is 11.2 Å². The fourth-order valence-electron chi connectivity index (χ4n) is 2.51. The van der Waals surface area contributed by atoms with Crippen molar-refractivity contribution in [1.82, 2.24) is 4.90 Å². The molecule has 0 bridgehead atoms. The zero-order valence-electron chi connectivity index (χ0n) is 12.6. The lowest BCUT2D eigenvalue weighted by atomic mass is 10.0. The number of aryl methyl sites for hydroxylation is 1. The molecule has 20 heavy (non-hydrogen) atoms. The van der Waals surface area contributed by atoms with Crippen LogP contribution in [0.5, 0.6) is 0 Å². The Morgan fingerprint density at radius 3 is 2.50 bits per heavy atom. The van der Waals surface area contributed by atoms with Crippen LogP contribution in [0.25, 0.3) is 0 Å². The van der Waals surface area contributed by atoms with Gasteiger partial charge in [-0.15, -0.1) is 0 Å². The molecule has 0 N–H and O–H groups in total. The van der Waals surface area contributed by atoms with E-state index in [4.69, 9.17) is 0 Å². The molecule has 1 aromatic rings. The molecule has 0 aliphatic heterocycles. The van der Waals surface area contributed by atoms with Crippen molar-refractivity contribution in [2.24, 2.45) is 5.92 Å². The highest BCUT2D eigenvalue weighted by Gasteiger charge is 2.36. The summed E-state index contributed by atoms with van der Waals surface area (Å²) in [6.07, 6.45) is 3.11. The summed E-state index contributed by atoms with van der Waals surface area (Å²) >= 11 is 0. The van der Waals surface area contributed by atoms with Crippen LogP contribution >= 0.6 is 0 Å². The lowest BCUT2D eigenvalue weighted by molar-refractivity contribution is -0.134. The van der Waals surface area contributed by atoms with E-state index in [9.17, 15) is 9.18 Å². The number of carbonyl (C=O) groups is 1. The molecule has 1 unspecified atom stereocenters. The minimum Gasteiger partial charge on any atom is -0.337 e. The van der Waals surface area contributed by atoms with Gasteiger partial charge in [-0.2, -0.15) is 0 Å². The molecule has 0 radical (unpaired) electrons. The van der Waals surface area contributed by atoms with Crippen molar-refractivity contribution >= 4 is 5.91 Å². The van der Waals surface area contributed by atoms with Crippen LogP contribution in [0.4, 0.5) is 4.39 Å². The van der Waals surface area contributed by atoms with Crippen LogP contribution < -0.4 is 0 Å². The lowest BCUT2D eigenvalue weighted by Gasteiger charge is -2.32. The quantitative estimate of drug-likeness (QED) is 0.774. The average molecular weight is 277 g/mol. The Balaban J connectivity index is 1.97. The van der Waals surface area contributed by atoms with E-state index in [-0.39, 0.29) is 17.8 Å². The van der Waals surface area contributed by atoms with Crippen molar-refractivity contribution < 1.29 is 9.18 Å². The number of hydrogen-bond donors (Lipinski definition) is 0. The maximum absolute atomic E-state index is 13.6. The topological polar surface area (TPSA) is 20.3 Å². The monoisotopic (exact) mass is 277 g/mol. The normalized spacial score (nSPS) is 16.2. The molecular formula is C17H24FNO. The predicted octanol–water partition coefficient (Wildman–Crippen LogP) is 3.79. The Bertz CT molecular complexity index is 468. The molecule has 1 saturated carbocycles. The van der Waals surface area contributed by atoms with Gasteiger partial charge in [0.25, 0.3) is 0 Å². The zero-order valence-corrected chi connectivity index (χ0v) is 12.6. The largest absolute Gasteiger partial charge is 0.337 e. The van der Waals surface area contributed by atoms with Gasteiger partial charge in [0.2, 0.25) is 5.91 Å². The van der Waals surface area contributed by atoms with E-state index < -0.39 is 0 Å². The van der Waals surface area contributed by atoms with Crippen LogP contribution in [0.2, 0.25) is 0 Å². The Hall–Kier alpha value is -1.38. The van der Waals surface area contributed by atoms with Gasteiger partial charge in [0.15, 0.2) is 0 Å². The van der Waals surface area contributed by atoms with Crippen molar-refractivity contribution in [2.45, 2.75) is 58.5 Å². The number of hydrogen-bond acceptors (Lipinski definition) is 1. The Morgan fingerprint density at radius 1 is 1.30 bits per heavy atom. The van der Waals surface area contributed by atoms with Gasteiger partial charge in [-0.3, -0.25) is 4.79 Å². The van der Waals surface area contributed by atoms with Gasteiger partial charge in [0, 0.05) is 18.5 Å². The second kappa shape index (κ2) is 6.38. The molecule has 0 aromatic heterocycles. The summed E-state index contributed by atoms with van der Waals surface area (Å²) in [5, 5.41) is 0. The molecule has 2 rings (SSSR count). The molecule has 0 heterocycles. The first-order chi connectivity index (χ1) is 9.50. The standard InChI is InChI=1S/C17H24FNO/c1-12(2)13(3)19(15-9-10-15)17(20)11-8-14-6-4-5-7-16(14)18/h4-7,12-13,15H,8-11H2,1-3H3. The van der Waals surface area contributed by atoms with Gasteiger partial charge in [0.1, 0.15) is 5.82 Å². The van der Waals surface area contributed by atoms with E-state index in [2.05, 4.69) is 20.8 Å². The molecule has 1 aliphatic rings. The second-order valence-electron chi connectivity index (χ2n) is 6.11. The first kappa shape index (κ1) is 15.0. The van der Waals surface area contributed by atoms with Crippen molar-refractivity contribution in [2.75, 3.05) is 0 Å². The summed E-state index contributed by atoms with van der Waals surface area (Å²) in [6, 6.07) is 7.39. The lowest BCUT2D eigenvalue weighted by Crippen LogP contribution is -2.43. The molecule has 1 atom stereocenters. The molecule has 0 spiro atoms. The zero-order chi connectivity index (χ0) is 14.7. The molecule has 3 heteroatoms. The maximum Gasteiger partial charge on any atom is 0.223 e. The van der Waals surface area contributed by atoms with Crippen LogP contribution in [0.15, 0.2) is 24.3 Å². The summed E-state index contributed by atoms with van der Waals surface area (Å²) in [6.45, 7) is 6.40. The average Bonchev–Trinajstić information content (AvgIpc) is 3.22. The van der Waals surface area contributed by atoms with Crippen LogP contribution in [0, 0.1) is 11.7 Å². The van der Waals surface area contributed by atoms with Crippen molar-refractivity contribution in [3.8, 4) is 0 Å². The molecule has 1 fully saturated rings. The van der Waals surface area contributed by atoms with Crippen molar-refractivity contribution in [3.05, 3.63) is 35.6 Å². The summed E-state index contributed by atoms with van der Waals surface area (Å²) in [5.74, 6) is 0.403. The summed E-state index contributed by atoms with van der Waals surface area (Å²) in [5.41, 5.74) is 0.633. The summed E-state index contributed by atoms with van der Waals surface area (Å²) in [7, 11) is 0. The third-order valence-electron chi connectivity index (χ3n) is 4.20. The third-order valence-corrected chi connectivity index (χ3v) is 4.20. The molecule has 1 amide bonds. The number of amides is 1. The second-order valence-corrected chi connectivity index (χ2v) is 6.11. The maximum atomic E-state index is 13.6. The van der Waals surface area contributed by atoms with E-state index >= 15 is 0 Å². The molecule has 2 nitrogen and oxygen atoms in total. The SMILES string of the molecule is CC(C)C(C)N(C(=O)CCc1ccccc1F)C1CC1. The third kappa shape index (κ3) is 3.59. The van der Waals surface area contributed by atoms with E-state index in [1.54, 1.807) is 12.1 Å². The van der Waals surface area contributed by atoms with E-state index in [1.807, 2.05) is 11.0 Å². The van der Waals surface area contributed by atoms with E-state index in [1.165, 1.54) is 6.07 Å². The fraction of sp³-hybridized carbons (Fsp3) is 0.588. The minimum absolute atomic E-state index is 0.164. The fourth-order valence-corrected chi connectivity index (χ4v) is 2.51. The summed E-state index contributed by atoms with van der Waals surface area (Å²) in [4.78, 5) is 14.5. The first-order valence-corrected chi connectivity index (χ1v) is 7.55. The van der Waals surface area contributed by atoms with Crippen LogP contribution in [0.3, 0.4) is 0 Å². The smallest absolute Gasteiger partial charge is 0.223 e. The Labute approximate surface area is 121 Å². The van der Waals surface area contributed by atoms with Gasteiger partial charge in [-0.1, -0.05) is 32.0 Å². The Morgan fingerprint density at radius 2 is 1.95 bits per heavy atom. The van der Waals surface area contributed by atoms with Gasteiger partial charge in [0.05, 0.1) is 0 Å². The molecule has 1 aromatic carbocycles.